The van der Waals surface area contributed by atoms with Crippen molar-refractivity contribution in [2.75, 3.05) is 26.2 Å². The van der Waals surface area contributed by atoms with Crippen LogP contribution in [0.15, 0.2) is 15.9 Å². The van der Waals surface area contributed by atoms with Crippen molar-refractivity contribution < 1.29 is 9.59 Å². The van der Waals surface area contributed by atoms with Gasteiger partial charge in [0.25, 0.3) is 5.56 Å². The molecule has 0 bridgehead atoms. The zero-order valence-electron chi connectivity index (χ0n) is 18.8. The molecular weight excluding hydrogens is 400 g/mol. The maximum Gasteiger partial charge on any atom is 0.332 e. The van der Waals surface area contributed by atoms with E-state index in [0.717, 1.165) is 11.0 Å². The molecule has 170 valence electrons. The minimum atomic E-state index is -0.417. The van der Waals surface area contributed by atoms with Gasteiger partial charge in [-0.25, -0.2) is 9.78 Å². The van der Waals surface area contributed by atoms with Crippen molar-refractivity contribution in [3.63, 3.8) is 0 Å². The number of hydrogen-bond acceptors (Lipinski definition) is 5. The maximum atomic E-state index is 12.6. The second-order valence-electron chi connectivity index (χ2n) is 8.61. The molecule has 1 fully saturated rings. The number of nitrogens with zero attached hydrogens (tertiary/aromatic N) is 6. The molecule has 3 rings (SSSR count). The first-order valence-corrected chi connectivity index (χ1v) is 10.9. The molecule has 3 heterocycles. The Kier molecular flexibility index (Phi) is 6.97. The molecular formula is C21H32N6O4. The summed E-state index contributed by atoms with van der Waals surface area (Å²) in [7, 11) is 3.02. The number of fused-ring (bicyclic) bond motifs is 1. The van der Waals surface area contributed by atoms with Crippen LogP contribution < -0.4 is 11.2 Å². The molecule has 1 saturated heterocycles. The number of imidazole rings is 1. The molecule has 0 unspecified atom stereocenters. The highest BCUT2D eigenvalue weighted by Gasteiger charge is 2.24. The number of amides is 2. The molecule has 0 atom stereocenters. The van der Waals surface area contributed by atoms with Crippen molar-refractivity contribution in [3.05, 3.63) is 27.2 Å². The Morgan fingerprint density at radius 2 is 1.55 bits per heavy atom. The van der Waals surface area contributed by atoms with Crippen molar-refractivity contribution in [2.24, 2.45) is 20.0 Å². The third-order valence-corrected chi connectivity index (χ3v) is 5.93. The van der Waals surface area contributed by atoms with Gasteiger partial charge in [0.2, 0.25) is 11.8 Å². The van der Waals surface area contributed by atoms with Crippen molar-refractivity contribution in [1.29, 1.82) is 0 Å². The lowest BCUT2D eigenvalue weighted by atomic mass is 10.1. The van der Waals surface area contributed by atoms with Crippen LogP contribution in [-0.4, -0.2) is 66.5 Å². The summed E-state index contributed by atoms with van der Waals surface area (Å²) < 4.78 is 4.11. The summed E-state index contributed by atoms with van der Waals surface area (Å²) in [6, 6.07) is 0. The summed E-state index contributed by atoms with van der Waals surface area (Å²) in [6.45, 7) is 6.96. The number of piperazine rings is 1. The molecule has 0 aromatic carbocycles. The largest absolute Gasteiger partial charge is 0.339 e. The average Bonchev–Trinajstić information content (AvgIpc) is 3.18. The number of hydrogen-bond donors (Lipinski definition) is 0. The monoisotopic (exact) mass is 432 g/mol. The van der Waals surface area contributed by atoms with Crippen LogP contribution >= 0.6 is 0 Å². The maximum absolute atomic E-state index is 12.6. The van der Waals surface area contributed by atoms with Crippen molar-refractivity contribution in [1.82, 2.24) is 28.5 Å². The van der Waals surface area contributed by atoms with Gasteiger partial charge in [-0.3, -0.25) is 23.5 Å². The van der Waals surface area contributed by atoms with E-state index in [1.165, 1.54) is 17.9 Å². The molecule has 31 heavy (non-hydrogen) atoms. The van der Waals surface area contributed by atoms with E-state index in [-0.39, 0.29) is 17.4 Å². The summed E-state index contributed by atoms with van der Waals surface area (Å²) in [5.41, 5.74) is -0.0943. The average molecular weight is 433 g/mol. The fraction of sp³-hybridized carbons (Fsp3) is 0.667. The van der Waals surface area contributed by atoms with E-state index >= 15 is 0 Å². The summed E-state index contributed by atoms with van der Waals surface area (Å²) in [6.07, 6.45) is 3.90. The van der Waals surface area contributed by atoms with Crippen molar-refractivity contribution in [2.45, 2.75) is 46.1 Å². The Balaban J connectivity index is 1.52. The van der Waals surface area contributed by atoms with Crippen LogP contribution in [0.4, 0.5) is 0 Å². The fourth-order valence-corrected chi connectivity index (χ4v) is 3.90. The predicted octanol–water partition coefficient (Wildman–Crippen LogP) is 0.321. The third kappa shape index (κ3) is 4.88. The molecule has 0 saturated carbocycles. The Morgan fingerprint density at radius 1 is 0.968 bits per heavy atom. The number of aromatic nitrogens is 4. The minimum Gasteiger partial charge on any atom is -0.339 e. The van der Waals surface area contributed by atoms with Crippen LogP contribution in [-0.2, 0) is 30.2 Å². The Bertz CT molecular complexity index is 1070. The molecule has 0 N–H and O–H groups in total. The van der Waals surface area contributed by atoms with Crippen LogP contribution in [0.5, 0.6) is 0 Å². The lowest BCUT2D eigenvalue weighted by Crippen LogP contribution is -2.50. The first kappa shape index (κ1) is 22.8. The molecule has 10 heteroatoms. The van der Waals surface area contributed by atoms with E-state index < -0.39 is 5.69 Å². The molecule has 1 aliphatic rings. The van der Waals surface area contributed by atoms with Gasteiger partial charge in [0.15, 0.2) is 11.2 Å². The zero-order chi connectivity index (χ0) is 22.7. The summed E-state index contributed by atoms with van der Waals surface area (Å²) in [5, 5.41) is 0. The molecule has 0 radical (unpaired) electrons. The van der Waals surface area contributed by atoms with Crippen molar-refractivity contribution in [3.8, 4) is 0 Å². The second kappa shape index (κ2) is 9.49. The van der Waals surface area contributed by atoms with E-state index in [0.29, 0.717) is 69.1 Å². The topological polar surface area (TPSA) is 102 Å². The highest BCUT2D eigenvalue weighted by molar-refractivity contribution is 5.78. The zero-order valence-corrected chi connectivity index (χ0v) is 18.8. The number of carbonyl (C=O) groups is 2. The Labute approximate surface area is 181 Å². The van der Waals surface area contributed by atoms with Crippen LogP contribution in [0.3, 0.4) is 0 Å². The molecule has 0 spiro atoms. The van der Waals surface area contributed by atoms with Gasteiger partial charge < -0.3 is 14.4 Å². The third-order valence-electron chi connectivity index (χ3n) is 5.93. The lowest BCUT2D eigenvalue weighted by Gasteiger charge is -2.35. The van der Waals surface area contributed by atoms with Gasteiger partial charge >= 0.3 is 5.69 Å². The number of rotatable bonds is 7. The summed E-state index contributed by atoms with van der Waals surface area (Å²) >= 11 is 0. The van der Waals surface area contributed by atoms with Gasteiger partial charge in [0, 0.05) is 59.7 Å². The fourth-order valence-electron chi connectivity index (χ4n) is 3.90. The quantitative estimate of drug-likeness (QED) is 0.627. The SMILES string of the molecule is CC(C)CCC(=O)N1CCN(C(=O)CCCn2cnc3c2c(=O)n(C)c(=O)n3C)CC1. The van der Waals surface area contributed by atoms with Crippen LogP contribution in [0.1, 0.15) is 39.5 Å². The first-order chi connectivity index (χ1) is 14.7. The number of aryl methyl sites for hydroxylation is 2. The van der Waals surface area contributed by atoms with Gasteiger partial charge in [0.05, 0.1) is 6.33 Å². The van der Waals surface area contributed by atoms with Gasteiger partial charge in [-0.05, 0) is 18.8 Å². The molecule has 2 aromatic heterocycles. The van der Waals surface area contributed by atoms with Gasteiger partial charge in [0.1, 0.15) is 0 Å². The molecule has 10 nitrogen and oxygen atoms in total. The van der Waals surface area contributed by atoms with E-state index in [9.17, 15) is 19.2 Å². The normalized spacial score (nSPS) is 14.6. The van der Waals surface area contributed by atoms with E-state index in [1.54, 1.807) is 16.5 Å². The smallest absolute Gasteiger partial charge is 0.332 e. The minimum absolute atomic E-state index is 0.0546. The van der Waals surface area contributed by atoms with E-state index in [4.69, 9.17) is 0 Å². The van der Waals surface area contributed by atoms with Gasteiger partial charge in [-0.15, -0.1) is 0 Å². The van der Waals surface area contributed by atoms with Crippen LogP contribution in [0, 0.1) is 5.92 Å². The standard InChI is InChI=1S/C21H32N6O4/c1-15(2)7-8-17(29)26-12-10-25(11-13-26)16(28)6-5-9-27-14-22-19-18(27)20(30)24(4)21(31)23(19)3/h14-15H,5-13H2,1-4H3. The molecule has 2 amide bonds. The molecule has 2 aromatic rings. The van der Waals surface area contributed by atoms with E-state index in [2.05, 4.69) is 18.8 Å². The highest BCUT2D eigenvalue weighted by atomic mass is 16.2. The molecule has 1 aliphatic heterocycles. The van der Waals surface area contributed by atoms with Gasteiger partial charge in [-0.1, -0.05) is 13.8 Å². The first-order valence-electron chi connectivity index (χ1n) is 10.9. The second-order valence-corrected chi connectivity index (χ2v) is 8.61. The lowest BCUT2D eigenvalue weighted by molar-refractivity contribution is -0.139. The Hall–Kier alpha value is -2.91. The van der Waals surface area contributed by atoms with E-state index in [1.807, 2.05) is 4.90 Å². The summed E-state index contributed by atoms with van der Waals surface area (Å²) in [5.74, 6) is 0.729. The highest BCUT2D eigenvalue weighted by Crippen LogP contribution is 2.12. The Morgan fingerprint density at radius 3 is 2.13 bits per heavy atom. The summed E-state index contributed by atoms with van der Waals surface area (Å²) in [4.78, 5) is 57.2. The predicted molar refractivity (Wildman–Crippen MR) is 117 cm³/mol. The number of carbonyl (C=O) groups excluding carboxylic acids is 2. The van der Waals surface area contributed by atoms with Gasteiger partial charge in [-0.2, -0.15) is 0 Å². The molecule has 0 aliphatic carbocycles. The van der Waals surface area contributed by atoms with Crippen molar-refractivity contribution >= 4 is 23.0 Å². The van der Waals surface area contributed by atoms with Crippen LogP contribution in [0.25, 0.3) is 11.2 Å². The van der Waals surface area contributed by atoms with Crippen LogP contribution in [0.2, 0.25) is 0 Å².